The van der Waals surface area contributed by atoms with Crippen molar-refractivity contribution in [3.63, 3.8) is 0 Å². The van der Waals surface area contributed by atoms with Gasteiger partial charge in [0.2, 0.25) is 0 Å². The zero-order chi connectivity index (χ0) is 15.6. The fourth-order valence-electron chi connectivity index (χ4n) is 3.54. The molecule has 6 heteroatoms. The normalized spacial score (nSPS) is 26.2. The Kier molecular flexibility index (Phi) is 4.37. The minimum Gasteiger partial charge on any atom is -0.446 e. The smallest absolute Gasteiger partial charge is 0.414 e. The van der Waals surface area contributed by atoms with Crippen LogP contribution in [0.3, 0.4) is 0 Å². The molecule has 0 saturated carbocycles. The third kappa shape index (κ3) is 3.44. The van der Waals surface area contributed by atoms with E-state index in [-0.39, 0.29) is 12.2 Å². The molecule has 2 aliphatic rings. The first-order chi connectivity index (χ1) is 11.3. The lowest BCUT2D eigenvalue weighted by molar-refractivity contribution is 0.0719. The highest BCUT2D eigenvalue weighted by Gasteiger charge is 2.36. The molecule has 2 bridgehead atoms. The number of rotatable bonds is 4. The lowest BCUT2D eigenvalue weighted by Crippen LogP contribution is -2.44. The van der Waals surface area contributed by atoms with Crippen LogP contribution >= 0.6 is 22.7 Å². The van der Waals surface area contributed by atoms with Gasteiger partial charge in [-0.3, -0.25) is 4.90 Å². The average molecular weight is 348 g/mol. The van der Waals surface area contributed by atoms with Gasteiger partial charge in [-0.2, -0.15) is 22.7 Å². The van der Waals surface area contributed by atoms with E-state index < -0.39 is 0 Å². The van der Waals surface area contributed by atoms with Crippen LogP contribution in [0.15, 0.2) is 33.7 Å². The van der Waals surface area contributed by atoms with Crippen molar-refractivity contribution < 1.29 is 9.53 Å². The van der Waals surface area contributed by atoms with Crippen molar-refractivity contribution in [2.75, 3.05) is 4.90 Å². The van der Waals surface area contributed by atoms with E-state index in [9.17, 15) is 4.79 Å². The Balaban J connectivity index is 1.46. The van der Waals surface area contributed by atoms with Crippen LogP contribution in [-0.2, 0) is 11.3 Å². The highest BCUT2D eigenvalue weighted by atomic mass is 32.1. The number of piperidine rings is 1. The molecule has 2 aromatic rings. The van der Waals surface area contributed by atoms with E-state index in [0.717, 1.165) is 24.1 Å². The monoisotopic (exact) mass is 348 g/mol. The standard InChI is InChI=1S/C17H20N2O2S2/c20-17(21-16-7-13-1-2-14(8-16)18-13)19(15-4-6-23-11-15)9-12-3-5-22-10-12/h3-6,10-11,13-14,16,18H,1-2,7-9H2. The van der Waals surface area contributed by atoms with E-state index in [0.29, 0.717) is 18.6 Å². The summed E-state index contributed by atoms with van der Waals surface area (Å²) in [4.78, 5) is 14.5. The van der Waals surface area contributed by atoms with Gasteiger partial charge in [0.05, 0.1) is 12.2 Å². The van der Waals surface area contributed by atoms with Crippen LogP contribution in [0.1, 0.15) is 31.2 Å². The lowest BCUT2D eigenvalue weighted by atomic mass is 10.0. The molecule has 2 aromatic heterocycles. The molecule has 0 aromatic carbocycles. The lowest BCUT2D eigenvalue weighted by Gasteiger charge is -2.31. The molecule has 2 saturated heterocycles. The number of thiophene rings is 2. The first-order valence-electron chi connectivity index (χ1n) is 8.05. The second-order valence-electron chi connectivity index (χ2n) is 6.31. The summed E-state index contributed by atoms with van der Waals surface area (Å²) in [7, 11) is 0. The van der Waals surface area contributed by atoms with Gasteiger partial charge in [-0.25, -0.2) is 4.79 Å². The molecule has 1 amide bonds. The van der Waals surface area contributed by atoms with Gasteiger partial charge < -0.3 is 10.1 Å². The summed E-state index contributed by atoms with van der Waals surface area (Å²) in [5.41, 5.74) is 2.06. The first-order valence-corrected chi connectivity index (χ1v) is 9.94. The van der Waals surface area contributed by atoms with E-state index in [1.807, 2.05) is 22.2 Å². The van der Waals surface area contributed by atoms with Gasteiger partial charge in [-0.05, 0) is 59.5 Å². The van der Waals surface area contributed by atoms with Crippen LogP contribution in [0.2, 0.25) is 0 Å². The number of carbonyl (C=O) groups is 1. The van der Waals surface area contributed by atoms with Crippen LogP contribution in [-0.4, -0.2) is 24.3 Å². The Morgan fingerprint density at radius 1 is 1.17 bits per heavy atom. The van der Waals surface area contributed by atoms with Gasteiger partial charge in [-0.15, -0.1) is 0 Å². The van der Waals surface area contributed by atoms with Crippen LogP contribution < -0.4 is 10.2 Å². The van der Waals surface area contributed by atoms with E-state index in [1.165, 1.54) is 12.8 Å². The summed E-state index contributed by atoms with van der Waals surface area (Å²) in [6, 6.07) is 5.09. The molecule has 1 N–H and O–H groups in total. The predicted octanol–water partition coefficient (Wildman–Crippen LogP) is 4.24. The fraction of sp³-hybridized carbons (Fsp3) is 0.471. The van der Waals surface area contributed by atoms with Crippen molar-refractivity contribution in [3.8, 4) is 0 Å². The summed E-state index contributed by atoms with van der Waals surface area (Å²) in [5.74, 6) is 0. The Morgan fingerprint density at radius 3 is 2.57 bits per heavy atom. The summed E-state index contributed by atoms with van der Waals surface area (Å²) in [5, 5.41) is 11.7. The number of nitrogens with zero attached hydrogens (tertiary/aromatic N) is 1. The Hall–Kier alpha value is -1.37. The number of anilines is 1. The molecule has 4 nitrogen and oxygen atoms in total. The van der Waals surface area contributed by atoms with Gasteiger partial charge in [0.1, 0.15) is 6.10 Å². The predicted molar refractivity (Wildman–Crippen MR) is 94.3 cm³/mol. The van der Waals surface area contributed by atoms with Gasteiger partial charge in [0.25, 0.3) is 0 Å². The van der Waals surface area contributed by atoms with Crippen molar-refractivity contribution >= 4 is 34.5 Å². The molecule has 0 radical (unpaired) electrons. The highest BCUT2D eigenvalue weighted by Crippen LogP contribution is 2.30. The van der Waals surface area contributed by atoms with Crippen molar-refractivity contribution in [1.82, 2.24) is 5.32 Å². The zero-order valence-corrected chi connectivity index (χ0v) is 14.4. The minimum absolute atomic E-state index is 0.0462. The molecule has 2 fully saturated rings. The van der Waals surface area contributed by atoms with E-state index in [4.69, 9.17) is 4.74 Å². The SMILES string of the molecule is O=C(OC1CC2CCC(C1)N2)N(Cc1ccsc1)c1ccsc1. The van der Waals surface area contributed by atoms with Gasteiger partial charge in [0, 0.05) is 17.5 Å². The van der Waals surface area contributed by atoms with E-state index >= 15 is 0 Å². The largest absolute Gasteiger partial charge is 0.446 e. The maximum absolute atomic E-state index is 12.8. The molecular formula is C17H20N2O2S2. The first kappa shape index (κ1) is 15.2. The van der Waals surface area contributed by atoms with E-state index in [1.54, 1.807) is 27.6 Å². The molecule has 0 spiro atoms. The van der Waals surface area contributed by atoms with Crippen LogP contribution in [0, 0.1) is 0 Å². The van der Waals surface area contributed by atoms with Crippen LogP contribution in [0.4, 0.5) is 10.5 Å². The van der Waals surface area contributed by atoms with Crippen molar-refractivity contribution in [2.45, 2.75) is 50.4 Å². The maximum Gasteiger partial charge on any atom is 0.414 e. The number of fused-ring (bicyclic) bond motifs is 2. The molecule has 23 heavy (non-hydrogen) atoms. The molecule has 0 aliphatic carbocycles. The maximum atomic E-state index is 12.8. The van der Waals surface area contributed by atoms with Gasteiger partial charge in [0.15, 0.2) is 0 Å². The molecule has 4 rings (SSSR count). The Bertz CT molecular complexity index is 630. The third-order valence-corrected chi connectivity index (χ3v) is 6.06. The topological polar surface area (TPSA) is 41.6 Å². The summed E-state index contributed by atoms with van der Waals surface area (Å²) in [6.45, 7) is 0.566. The Labute approximate surface area is 144 Å². The molecule has 2 atom stereocenters. The third-order valence-electron chi connectivity index (χ3n) is 4.66. The quantitative estimate of drug-likeness (QED) is 0.899. The summed E-state index contributed by atoms with van der Waals surface area (Å²) in [6.07, 6.45) is 4.13. The Morgan fingerprint density at radius 2 is 1.91 bits per heavy atom. The molecule has 2 aliphatic heterocycles. The second kappa shape index (κ2) is 6.63. The van der Waals surface area contributed by atoms with E-state index in [2.05, 4.69) is 16.8 Å². The van der Waals surface area contributed by atoms with Crippen molar-refractivity contribution in [3.05, 3.63) is 39.2 Å². The van der Waals surface area contributed by atoms with Crippen molar-refractivity contribution in [1.29, 1.82) is 0 Å². The zero-order valence-electron chi connectivity index (χ0n) is 12.8. The number of hydrogen-bond acceptors (Lipinski definition) is 5. The van der Waals surface area contributed by atoms with Crippen LogP contribution in [0.25, 0.3) is 0 Å². The second-order valence-corrected chi connectivity index (χ2v) is 7.87. The van der Waals surface area contributed by atoms with Crippen LogP contribution in [0.5, 0.6) is 0 Å². The highest BCUT2D eigenvalue weighted by molar-refractivity contribution is 7.08. The summed E-state index contributed by atoms with van der Waals surface area (Å²) < 4.78 is 5.86. The average Bonchev–Trinajstić information content (AvgIpc) is 3.27. The molecule has 2 unspecified atom stereocenters. The van der Waals surface area contributed by atoms with Crippen molar-refractivity contribution in [2.24, 2.45) is 0 Å². The molecule has 122 valence electrons. The summed E-state index contributed by atoms with van der Waals surface area (Å²) >= 11 is 3.25. The molecule has 4 heterocycles. The fourth-order valence-corrected chi connectivity index (χ4v) is 4.85. The van der Waals surface area contributed by atoms with Gasteiger partial charge >= 0.3 is 6.09 Å². The number of ether oxygens (including phenoxy) is 1. The number of amides is 1. The number of hydrogen-bond donors (Lipinski definition) is 1. The number of carbonyl (C=O) groups excluding carboxylic acids is 1. The minimum atomic E-state index is -0.221. The number of nitrogens with one attached hydrogen (secondary N) is 1. The van der Waals surface area contributed by atoms with Gasteiger partial charge in [-0.1, -0.05) is 0 Å². The molecular weight excluding hydrogens is 328 g/mol.